The molecular weight excluding hydrogens is 372 g/mol. The van der Waals surface area contributed by atoms with Crippen LogP contribution in [0.2, 0.25) is 0 Å². The summed E-state index contributed by atoms with van der Waals surface area (Å²) >= 11 is 1.23. The second kappa shape index (κ2) is 8.66. The summed E-state index contributed by atoms with van der Waals surface area (Å²) in [4.78, 5) is 16.9. The van der Waals surface area contributed by atoms with Gasteiger partial charge in [0.1, 0.15) is 11.0 Å². The smallest absolute Gasteiger partial charge is 0.348 e. The Hall–Kier alpha value is -2.52. The second-order valence-electron chi connectivity index (χ2n) is 8.06. The fourth-order valence-corrected chi connectivity index (χ4v) is 3.91. The standard InChI is InChI=1S/C22H26N2O3S/c1-22(2,3)12-11-17-14-18(20(28-17)21(25)26)24-15-7-9-16(10-8-15)27-19-6-4-5-13-23-19/h4-6,13-16,24H,7-10H2,1-3H3,(H,25,26). The number of hydrogen-bond acceptors (Lipinski definition) is 5. The van der Waals surface area contributed by atoms with E-state index in [4.69, 9.17) is 4.74 Å². The number of thiophene rings is 1. The summed E-state index contributed by atoms with van der Waals surface area (Å²) in [7, 11) is 0. The van der Waals surface area contributed by atoms with E-state index in [9.17, 15) is 9.90 Å². The number of aromatic carboxylic acids is 1. The number of carboxylic acid groups (broad SMARTS) is 1. The van der Waals surface area contributed by atoms with E-state index < -0.39 is 5.97 Å². The van der Waals surface area contributed by atoms with Crippen LogP contribution < -0.4 is 10.1 Å². The molecule has 1 fully saturated rings. The molecule has 0 amide bonds. The van der Waals surface area contributed by atoms with E-state index in [2.05, 4.69) is 22.1 Å². The highest BCUT2D eigenvalue weighted by Crippen LogP contribution is 2.31. The van der Waals surface area contributed by atoms with Crippen LogP contribution in [0.15, 0.2) is 30.5 Å². The maximum absolute atomic E-state index is 11.6. The molecule has 5 nitrogen and oxygen atoms in total. The van der Waals surface area contributed by atoms with Gasteiger partial charge in [-0.15, -0.1) is 11.3 Å². The lowest BCUT2D eigenvalue weighted by atomic mass is 9.92. The van der Waals surface area contributed by atoms with Crippen molar-refractivity contribution in [1.82, 2.24) is 4.98 Å². The van der Waals surface area contributed by atoms with Crippen molar-refractivity contribution < 1.29 is 14.6 Å². The molecule has 0 saturated heterocycles. The molecule has 0 unspecified atom stereocenters. The number of pyridine rings is 1. The number of aromatic nitrogens is 1. The minimum absolute atomic E-state index is 0.118. The van der Waals surface area contributed by atoms with Crippen molar-refractivity contribution >= 4 is 23.0 Å². The van der Waals surface area contributed by atoms with E-state index in [1.807, 2.05) is 45.0 Å². The third-order valence-electron chi connectivity index (χ3n) is 4.45. The third-order valence-corrected chi connectivity index (χ3v) is 5.48. The van der Waals surface area contributed by atoms with Crippen molar-refractivity contribution in [2.75, 3.05) is 5.32 Å². The summed E-state index contributed by atoms with van der Waals surface area (Å²) in [5.41, 5.74) is 0.553. The van der Waals surface area contributed by atoms with Gasteiger partial charge in [-0.05, 0) is 58.6 Å². The molecule has 0 bridgehead atoms. The van der Waals surface area contributed by atoms with Crippen molar-refractivity contribution in [2.45, 2.75) is 58.6 Å². The van der Waals surface area contributed by atoms with E-state index in [0.717, 1.165) is 30.6 Å². The van der Waals surface area contributed by atoms with Crippen LogP contribution in [0.1, 0.15) is 61.0 Å². The first-order chi connectivity index (χ1) is 13.3. The predicted octanol–water partition coefficient (Wildman–Crippen LogP) is 5.04. The van der Waals surface area contributed by atoms with Crippen molar-refractivity contribution in [3.05, 3.63) is 40.2 Å². The van der Waals surface area contributed by atoms with E-state index in [1.54, 1.807) is 6.20 Å². The van der Waals surface area contributed by atoms with Gasteiger partial charge in [-0.25, -0.2) is 9.78 Å². The van der Waals surface area contributed by atoms with Crippen LogP contribution in [0.5, 0.6) is 5.88 Å². The Balaban J connectivity index is 1.61. The highest BCUT2D eigenvalue weighted by molar-refractivity contribution is 7.15. The van der Waals surface area contributed by atoms with Crippen LogP contribution in [0.3, 0.4) is 0 Å². The molecule has 28 heavy (non-hydrogen) atoms. The highest BCUT2D eigenvalue weighted by atomic mass is 32.1. The van der Waals surface area contributed by atoms with Gasteiger partial charge in [0.05, 0.1) is 10.6 Å². The number of nitrogens with zero attached hydrogens (tertiary/aromatic N) is 1. The van der Waals surface area contributed by atoms with Gasteiger partial charge in [0.2, 0.25) is 5.88 Å². The second-order valence-corrected chi connectivity index (χ2v) is 9.11. The monoisotopic (exact) mass is 398 g/mol. The maximum atomic E-state index is 11.6. The number of nitrogens with one attached hydrogen (secondary N) is 1. The molecule has 2 N–H and O–H groups in total. The Labute approximate surface area is 170 Å². The predicted molar refractivity (Wildman–Crippen MR) is 112 cm³/mol. The van der Waals surface area contributed by atoms with Gasteiger partial charge in [-0.2, -0.15) is 0 Å². The number of carboxylic acids is 1. The molecule has 1 aliphatic rings. The topological polar surface area (TPSA) is 71.5 Å². The average Bonchev–Trinajstić information content (AvgIpc) is 3.05. The van der Waals surface area contributed by atoms with Gasteiger partial charge in [0.25, 0.3) is 0 Å². The summed E-state index contributed by atoms with van der Waals surface area (Å²) in [6.45, 7) is 6.11. The number of carbonyl (C=O) groups is 1. The first-order valence-electron chi connectivity index (χ1n) is 9.55. The molecule has 0 aromatic carbocycles. The summed E-state index contributed by atoms with van der Waals surface area (Å²) in [5.74, 6) is 6.02. The molecule has 148 valence electrons. The van der Waals surface area contributed by atoms with Crippen molar-refractivity contribution in [3.8, 4) is 17.7 Å². The fraction of sp³-hybridized carbons (Fsp3) is 0.455. The molecule has 2 aromatic rings. The van der Waals surface area contributed by atoms with Gasteiger partial charge in [-0.3, -0.25) is 0 Å². The van der Waals surface area contributed by atoms with Crippen molar-refractivity contribution in [3.63, 3.8) is 0 Å². The first-order valence-corrected chi connectivity index (χ1v) is 10.4. The Morgan fingerprint density at radius 2 is 2.04 bits per heavy atom. The summed E-state index contributed by atoms with van der Waals surface area (Å²) < 4.78 is 5.93. The van der Waals surface area contributed by atoms with Gasteiger partial charge in [0, 0.05) is 23.7 Å². The molecule has 2 aromatic heterocycles. The zero-order chi connectivity index (χ0) is 20.1. The van der Waals surface area contributed by atoms with Gasteiger partial charge < -0.3 is 15.2 Å². The van der Waals surface area contributed by atoms with Crippen LogP contribution >= 0.6 is 11.3 Å². The quantitative estimate of drug-likeness (QED) is 0.690. The van der Waals surface area contributed by atoms with E-state index in [-0.39, 0.29) is 17.6 Å². The minimum atomic E-state index is -0.913. The van der Waals surface area contributed by atoms with Crippen molar-refractivity contribution in [2.24, 2.45) is 5.41 Å². The molecule has 1 saturated carbocycles. The SMILES string of the molecule is CC(C)(C)C#Cc1cc(NC2CCC(Oc3ccccn3)CC2)c(C(=O)O)s1. The van der Waals surface area contributed by atoms with Crippen LogP contribution in [0.25, 0.3) is 0 Å². The molecular formula is C22H26N2O3S. The molecule has 0 spiro atoms. The van der Waals surface area contributed by atoms with E-state index in [1.165, 1.54) is 11.3 Å². The zero-order valence-electron chi connectivity index (χ0n) is 16.5. The van der Waals surface area contributed by atoms with E-state index in [0.29, 0.717) is 16.4 Å². The number of hydrogen-bond donors (Lipinski definition) is 2. The first kappa shape index (κ1) is 20.2. The largest absolute Gasteiger partial charge is 0.477 e. The van der Waals surface area contributed by atoms with E-state index >= 15 is 0 Å². The lowest BCUT2D eigenvalue weighted by Gasteiger charge is -2.29. The van der Waals surface area contributed by atoms with Crippen LogP contribution in [-0.4, -0.2) is 28.2 Å². The third kappa shape index (κ3) is 5.74. The molecule has 6 heteroatoms. The lowest BCUT2D eigenvalue weighted by molar-refractivity contribution is 0.0703. The van der Waals surface area contributed by atoms with Crippen molar-refractivity contribution in [1.29, 1.82) is 0 Å². The number of rotatable bonds is 5. The Morgan fingerprint density at radius 3 is 2.64 bits per heavy atom. The Kier molecular flexibility index (Phi) is 6.25. The van der Waals surface area contributed by atoms with Crippen LogP contribution in [-0.2, 0) is 0 Å². The Morgan fingerprint density at radius 1 is 1.29 bits per heavy atom. The number of anilines is 1. The zero-order valence-corrected chi connectivity index (χ0v) is 17.3. The summed E-state index contributed by atoms with van der Waals surface area (Å²) in [6.07, 6.45) is 5.56. The molecule has 0 atom stereocenters. The van der Waals surface area contributed by atoms with Gasteiger partial charge >= 0.3 is 5.97 Å². The Bertz CT molecular complexity index is 867. The molecule has 1 aliphatic carbocycles. The molecule has 0 radical (unpaired) electrons. The van der Waals surface area contributed by atoms with Gasteiger partial charge in [-0.1, -0.05) is 17.9 Å². The summed E-state index contributed by atoms with van der Waals surface area (Å²) in [6, 6.07) is 7.76. The lowest BCUT2D eigenvalue weighted by Crippen LogP contribution is -2.31. The number of ether oxygens (including phenoxy) is 1. The minimum Gasteiger partial charge on any atom is -0.477 e. The molecule has 0 aliphatic heterocycles. The average molecular weight is 399 g/mol. The van der Waals surface area contributed by atoms with Crippen LogP contribution in [0, 0.1) is 17.3 Å². The van der Waals surface area contributed by atoms with Crippen LogP contribution in [0.4, 0.5) is 5.69 Å². The highest BCUT2D eigenvalue weighted by Gasteiger charge is 2.25. The molecule has 2 heterocycles. The summed E-state index contributed by atoms with van der Waals surface area (Å²) in [5, 5.41) is 13.0. The van der Waals surface area contributed by atoms with Gasteiger partial charge in [0.15, 0.2) is 0 Å². The normalized spacial score (nSPS) is 19.4. The molecule has 3 rings (SSSR count). The maximum Gasteiger partial charge on any atom is 0.348 e. The fourth-order valence-electron chi connectivity index (χ4n) is 3.10.